The average Bonchev–Trinajstić information content (AvgIpc) is 2.53. The molecule has 0 radical (unpaired) electrons. The molecule has 3 heteroatoms. The molecule has 0 unspecified atom stereocenters. The molecule has 1 aromatic heterocycles. The summed E-state index contributed by atoms with van der Waals surface area (Å²) in [5.41, 5.74) is 8.56. The Morgan fingerprint density at radius 1 is 1.38 bits per heavy atom. The van der Waals surface area contributed by atoms with Crippen LogP contribution in [0.3, 0.4) is 0 Å². The molecule has 0 atom stereocenters. The number of nitrogen functional groups attached to an aromatic ring is 1. The smallest absolute Gasteiger partial charge is 0.131 e. The first-order valence-corrected chi connectivity index (χ1v) is 4.76. The van der Waals surface area contributed by atoms with Gasteiger partial charge in [0.05, 0.1) is 5.69 Å². The summed E-state index contributed by atoms with van der Waals surface area (Å²) in [7, 11) is 0. The molecule has 0 fully saturated rings. The number of nitrogens with zero attached hydrogens (tertiary/aromatic N) is 1. The van der Waals surface area contributed by atoms with Crippen LogP contribution < -0.4 is 5.73 Å². The maximum atomic E-state index is 5.81. The SMILES string of the molecule is Nc1cc(Cl)nc(C2=CCCC2)c1. The minimum absolute atomic E-state index is 0.475. The normalized spacial score (nSPS) is 15.9. The first kappa shape index (κ1) is 8.57. The Morgan fingerprint density at radius 2 is 2.23 bits per heavy atom. The quantitative estimate of drug-likeness (QED) is 0.699. The molecule has 13 heavy (non-hydrogen) atoms. The number of pyridine rings is 1. The second kappa shape index (κ2) is 3.38. The van der Waals surface area contributed by atoms with Crippen LogP contribution in [0.15, 0.2) is 18.2 Å². The van der Waals surface area contributed by atoms with E-state index in [1.54, 1.807) is 6.07 Å². The first-order chi connectivity index (χ1) is 6.25. The number of halogens is 1. The highest BCUT2D eigenvalue weighted by Crippen LogP contribution is 2.28. The molecular formula is C10H11ClN2. The fourth-order valence-corrected chi connectivity index (χ4v) is 1.80. The lowest BCUT2D eigenvalue weighted by atomic mass is 10.1. The Balaban J connectivity index is 2.39. The molecule has 0 saturated heterocycles. The Morgan fingerprint density at radius 3 is 2.85 bits per heavy atom. The lowest BCUT2D eigenvalue weighted by molar-refractivity contribution is 0.933. The molecule has 1 aromatic rings. The zero-order valence-electron chi connectivity index (χ0n) is 7.26. The second-order valence-electron chi connectivity index (χ2n) is 3.23. The predicted molar refractivity (Wildman–Crippen MR) is 55.5 cm³/mol. The summed E-state index contributed by atoms with van der Waals surface area (Å²) >= 11 is 5.81. The van der Waals surface area contributed by atoms with Crippen LogP contribution >= 0.6 is 11.6 Å². The number of hydrogen-bond donors (Lipinski definition) is 1. The van der Waals surface area contributed by atoms with Crippen molar-refractivity contribution >= 4 is 22.9 Å². The first-order valence-electron chi connectivity index (χ1n) is 4.38. The van der Waals surface area contributed by atoms with Gasteiger partial charge in [-0.2, -0.15) is 0 Å². The van der Waals surface area contributed by atoms with E-state index in [1.807, 2.05) is 6.07 Å². The topological polar surface area (TPSA) is 38.9 Å². The molecule has 2 rings (SSSR count). The minimum Gasteiger partial charge on any atom is -0.399 e. The molecule has 2 nitrogen and oxygen atoms in total. The summed E-state index contributed by atoms with van der Waals surface area (Å²) in [6.07, 6.45) is 5.65. The van der Waals surface area contributed by atoms with Gasteiger partial charge in [0, 0.05) is 5.69 Å². The van der Waals surface area contributed by atoms with Crippen molar-refractivity contribution in [2.75, 3.05) is 5.73 Å². The third-order valence-electron chi connectivity index (χ3n) is 2.19. The molecule has 0 amide bonds. The van der Waals surface area contributed by atoms with Crippen molar-refractivity contribution in [3.63, 3.8) is 0 Å². The van der Waals surface area contributed by atoms with Gasteiger partial charge in [-0.1, -0.05) is 17.7 Å². The Bertz CT molecular complexity index is 338. The van der Waals surface area contributed by atoms with Crippen molar-refractivity contribution in [1.29, 1.82) is 0 Å². The Hall–Kier alpha value is -1.02. The highest BCUT2D eigenvalue weighted by molar-refractivity contribution is 6.29. The summed E-state index contributed by atoms with van der Waals surface area (Å²) in [5.74, 6) is 0. The summed E-state index contributed by atoms with van der Waals surface area (Å²) in [6, 6.07) is 3.55. The van der Waals surface area contributed by atoms with Crippen molar-refractivity contribution < 1.29 is 0 Å². The number of rotatable bonds is 1. The molecule has 1 heterocycles. The molecule has 0 saturated carbocycles. The molecule has 0 spiro atoms. The summed E-state index contributed by atoms with van der Waals surface area (Å²) in [4.78, 5) is 4.23. The predicted octanol–water partition coefficient (Wildman–Crippen LogP) is 2.88. The number of hydrogen-bond acceptors (Lipinski definition) is 2. The van der Waals surface area contributed by atoms with Gasteiger partial charge in [0.2, 0.25) is 0 Å². The monoisotopic (exact) mass is 194 g/mol. The van der Waals surface area contributed by atoms with E-state index in [4.69, 9.17) is 17.3 Å². The summed E-state index contributed by atoms with van der Waals surface area (Å²) in [6.45, 7) is 0. The van der Waals surface area contributed by atoms with Crippen LogP contribution in [0.4, 0.5) is 5.69 Å². The van der Waals surface area contributed by atoms with E-state index in [2.05, 4.69) is 11.1 Å². The number of nitrogens with two attached hydrogens (primary N) is 1. The van der Waals surface area contributed by atoms with Crippen LogP contribution in [0.1, 0.15) is 25.0 Å². The van der Waals surface area contributed by atoms with Crippen LogP contribution in [0.2, 0.25) is 5.15 Å². The van der Waals surface area contributed by atoms with Crippen LogP contribution in [-0.4, -0.2) is 4.98 Å². The maximum Gasteiger partial charge on any atom is 0.131 e. The molecule has 1 aliphatic rings. The van der Waals surface area contributed by atoms with Crippen LogP contribution in [0, 0.1) is 0 Å². The van der Waals surface area contributed by atoms with Gasteiger partial charge >= 0.3 is 0 Å². The van der Waals surface area contributed by atoms with E-state index in [0.717, 1.165) is 18.5 Å². The van der Waals surface area contributed by atoms with E-state index in [-0.39, 0.29) is 0 Å². The van der Waals surface area contributed by atoms with Crippen LogP contribution in [-0.2, 0) is 0 Å². The molecule has 1 aliphatic carbocycles. The lowest BCUT2D eigenvalue weighted by Gasteiger charge is -2.02. The fourth-order valence-electron chi connectivity index (χ4n) is 1.58. The molecule has 0 aromatic carbocycles. The zero-order chi connectivity index (χ0) is 9.26. The number of anilines is 1. The van der Waals surface area contributed by atoms with Crippen molar-refractivity contribution in [3.8, 4) is 0 Å². The van der Waals surface area contributed by atoms with E-state index in [0.29, 0.717) is 10.8 Å². The molecule has 0 aliphatic heterocycles. The van der Waals surface area contributed by atoms with Gasteiger partial charge in [-0.3, -0.25) is 0 Å². The summed E-state index contributed by atoms with van der Waals surface area (Å²) < 4.78 is 0. The third kappa shape index (κ3) is 1.83. The fraction of sp³-hybridized carbons (Fsp3) is 0.300. The minimum atomic E-state index is 0.475. The largest absolute Gasteiger partial charge is 0.399 e. The van der Waals surface area contributed by atoms with Gasteiger partial charge in [0.25, 0.3) is 0 Å². The maximum absolute atomic E-state index is 5.81. The average molecular weight is 195 g/mol. The Kier molecular flexibility index (Phi) is 2.23. The van der Waals surface area contributed by atoms with Gasteiger partial charge in [0.1, 0.15) is 5.15 Å². The second-order valence-corrected chi connectivity index (χ2v) is 3.62. The molecular weight excluding hydrogens is 184 g/mol. The third-order valence-corrected chi connectivity index (χ3v) is 2.38. The van der Waals surface area contributed by atoms with Crippen molar-refractivity contribution in [3.05, 3.63) is 29.1 Å². The van der Waals surface area contributed by atoms with Crippen molar-refractivity contribution in [2.24, 2.45) is 0 Å². The van der Waals surface area contributed by atoms with E-state index < -0.39 is 0 Å². The highest BCUT2D eigenvalue weighted by Gasteiger charge is 2.09. The number of allylic oxidation sites excluding steroid dienone is 2. The van der Waals surface area contributed by atoms with E-state index in [9.17, 15) is 0 Å². The van der Waals surface area contributed by atoms with Gasteiger partial charge < -0.3 is 5.73 Å². The van der Waals surface area contributed by atoms with Crippen molar-refractivity contribution in [2.45, 2.75) is 19.3 Å². The van der Waals surface area contributed by atoms with Crippen LogP contribution in [0.25, 0.3) is 5.57 Å². The Labute approximate surface area is 82.4 Å². The van der Waals surface area contributed by atoms with E-state index >= 15 is 0 Å². The van der Waals surface area contributed by atoms with Gasteiger partial charge in [0.15, 0.2) is 0 Å². The van der Waals surface area contributed by atoms with Crippen molar-refractivity contribution in [1.82, 2.24) is 4.98 Å². The highest BCUT2D eigenvalue weighted by atomic mass is 35.5. The van der Waals surface area contributed by atoms with E-state index in [1.165, 1.54) is 12.0 Å². The molecule has 0 bridgehead atoms. The molecule has 68 valence electrons. The van der Waals surface area contributed by atoms with Gasteiger partial charge in [-0.15, -0.1) is 0 Å². The number of aromatic nitrogens is 1. The van der Waals surface area contributed by atoms with Gasteiger partial charge in [-0.25, -0.2) is 4.98 Å². The van der Waals surface area contributed by atoms with Gasteiger partial charge in [-0.05, 0) is 37.0 Å². The standard InChI is InChI=1S/C10H11ClN2/c11-10-6-8(12)5-9(13-10)7-3-1-2-4-7/h3,5-6H,1-2,4H2,(H2,12,13). The zero-order valence-corrected chi connectivity index (χ0v) is 8.01. The van der Waals surface area contributed by atoms with Crippen LogP contribution in [0.5, 0.6) is 0 Å². The summed E-state index contributed by atoms with van der Waals surface area (Å²) in [5, 5.41) is 0.475. The molecule has 2 N–H and O–H groups in total. The lowest BCUT2D eigenvalue weighted by Crippen LogP contribution is -1.92.